The Kier molecular flexibility index (Phi) is 8.48. The Morgan fingerprint density at radius 3 is 2.12 bits per heavy atom. The number of nitrogens with two attached hydrogens (primary N) is 1. The highest BCUT2D eigenvalue weighted by molar-refractivity contribution is 4.92. The topological polar surface area (TPSA) is 49.5 Å². The zero-order valence-electron chi connectivity index (χ0n) is 12.1. The number of rotatable bonds is 8. The molecule has 0 spiro atoms. The van der Waals surface area contributed by atoms with Crippen molar-refractivity contribution in [1.82, 2.24) is 4.90 Å². The Labute approximate surface area is 107 Å². The van der Waals surface area contributed by atoms with Gasteiger partial charge in [0.1, 0.15) is 6.23 Å². The van der Waals surface area contributed by atoms with Crippen LogP contribution in [-0.4, -0.2) is 34.4 Å². The van der Waals surface area contributed by atoms with Crippen LogP contribution in [0.5, 0.6) is 0 Å². The van der Waals surface area contributed by atoms with E-state index in [1.807, 2.05) is 12.2 Å². The van der Waals surface area contributed by atoms with Crippen LogP contribution in [0.15, 0.2) is 12.2 Å². The predicted octanol–water partition coefficient (Wildman–Crippen LogP) is 2.50. The van der Waals surface area contributed by atoms with Crippen LogP contribution in [-0.2, 0) is 0 Å². The Morgan fingerprint density at radius 1 is 1.18 bits per heavy atom. The van der Waals surface area contributed by atoms with Crippen molar-refractivity contribution >= 4 is 0 Å². The number of aliphatic hydroxyl groups excluding tert-OH is 1. The molecule has 0 aromatic heterocycles. The fraction of sp³-hybridized carbons (Fsp3) is 0.857. The first-order valence-electron chi connectivity index (χ1n) is 6.77. The SMILES string of the molecule is CCCC(N)C/C=C/[C@@H](O)N(C(C)C)C(C)C. The van der Waals surface area contributed by atoms with E-state index >= 15 is 0 Å². The summed E-state index contributed by atoms with van der Waals surface area (Å²) in [5.41, 5.74) is 5.92. The van der Waals surface area contributed by atoms with Crippen molar-refractivity contribution in [2.24, 2.45) is 5.73 Å². The number of hydrogen-bond acceptors (Lipinski definition) is 3. The lowest BCUT2D eigenvalue weighted by Crippen LogP contribution is -2.44. The number of aliphatic hydroxyl groups is 1. The molecule has 3 heteroatoms. The van der Waals surface area contributed by atoms with Crippen LogP contribution in [0.2, 0.25) is 0 Å². The minimum Gasteiger partial charge on any atom is -0.375 e. The third-order valence-electron chi connectivity index (χ3n) is 2.90. The lowest BCUT2D eigenvalue weighted by molar-refractivity contribution is -0.00366. The molecule has 0 saturated carbocycles. The molecule has 1 unspecified atom stereocenters. The van der Waals surface area contributed by atoms with Crippen molar-refractivity contribution < 1.29 is 5.11 Å². The molecular formula is C14H30N2O. The smallest absolute Gasteiger partial charge is 0.127 e. The van der Waals surface area contributed by atoms with E-state index in [2.05, 4.69) is 39.5 Å². The van der Waals surface area contributed by atoms with Crippen molar-refractivity contribution in [2.75, 3.05) is 0 Å². The molecule has 0 heterocycles. The van der Waals surface area contributed by atoms with Gasteiger partial charge < -0.3 is 10.8 Å². The summed E-state index contributed by atoms with van der Waals surface area (Å²) in [5.74, 6) is 0. The van der Waals surface area contributed by atoms with Gasteiger partial charge in [0.25, 0.3) is 0 Å². The first kappa shape index (κ1) is 16.6. The van der Waals surface area contributed by atoms with E-state index in [4.69, 9.17) is 5.73 Å². The van der Waals surface area contributed by atoms with Crippen molar-refractivity contribution in [1.29, 1.82) is 0 Å². The van der Waals surface area contributed by atoms with Crippen LogP contribution in [0.25, 0.3) is 0 Å². The van der Waals surface area contributed by atoms with E-state index in [0.29, 0.717) is 12.1 Å². The minimum atomic E-state index is -0.510. The summed E-state index contributed by atoms with van der Waals surface area (Å²) in [6.07, 6.45) is 6.34. The molecule has 0 aliphatic heterocycles. The van der Waals surface area contributed by atoms with Crippen molar-refractivity contribution in [3.63, 3.8) is 0 Å². The van der Waals surface area contributed by atoms with Crippen molar-refractivity contribution in [2.45, 2.75) is 78.2 Å². The van der Waals surface area contributed by atoms with Crippen LogP contribution in [0.1, 0.15) is 53.9 Å². The highest BCUT2D eigenvalue weighted by Gasteiger charge is 2.19. The fourth-order valence-corrected chi connectivity index (χ4v) is 2.17. The number of hydrogen-bond donors (Lipinski definition) is 2. The van der Waals surface area contributed by atoms with Gasteiger partial charge in [-0.1, -0.05) is 19.4 Å². The molecule has 0 amide bonds. The summed E-state index contributed by atoms with van der Waals surface area (Å²) in [6.45, 7) is 10.5. The van der Waals surface area contributed by atoms with Gasteiger partial charge in [-0.25, -0.2) is 0 Å². The third kappa shape index (κ3) is 6.81. The molecule has 0 saturated heterocycles. The molecule has 102 valence electrons. The van der Waals surface area contributed by atoms with Crippen LogP contribution in [0.4, 0.5) is 0 Å². The molecule has 2 atom stereocenters. The van der Waals surface area contributed by atoms with Crippen molar-refractivity contribution in [3.05, 3.63) is 12.2 Å². The second-order valence-corrected chi connectivity index (χ2v) is 5.26. The van der Waals surface area contributed by atoms with Gasteiger partial charge in [0, 0.05) is 18.1 Å². The first-order valence-corrected chi connectivity index (χ1v) is 6.77. The standard InChI is InChI=1S/C14H30N2O/c1-6-8-13(15)9-7-10-14(17)16(11(2)3)12(4)5/h7,10-14,17H,6,8-9,15H2,1-5H3/b10-7+/t13?,14-/m1/s1. The van der Waals surface area contributed by atoms with Crippen LogP contribution in [0.3, 0.4) is 0 Å². The Hall–Kier alpha value is -0.380. The third-order valence-corrected chi connectivity index (χ3v) is 2.90. The predicted molar refractivity (Wildman–Crippen MR) is 74.8 cm³/mol. The van der Waals surface area contributed by atoms with E-state index in [0.717, 1.165) is 19.3 Å². The van der Waals surface area contributed by atoms with Crippen LogP contribution in [0, 0.1) is 0 Å². The van der Waals surface area contributed by atoms with Gasteiger partial charge in [0.05, 0.1) is 0 Å². The highest BCUT2D eigenvalue weighted by atomic mass is 16.3. The van der Waals surface area contributed by atoms with E-state index in [9.17, 15) is 5.11 Å². The largest absolute Gasteiger partial charge is 0.375 e. The number of nitrogens with zero attached hydrogens (tertiary/aromatic N) is 1. The molecule has 0 rings (SSSR count). The lowest BCUT2D eigenvalue weighted by atomic mass is 10.1. The van der Waals surface area contributed by atoms with Gasteiger partial charge in [0.15, 0.2) is 0 Å². The van der Waals surface area contributed by atoms with Gasteiger partial charge in [0.2, 0.25) is 0 Å². The van der Waals surface area contributed by atoms with Crippen LogP contribution >= 0.6 is 0 Å². The zero-order chi connectivity index (χ0) is 13.4. The fourth-order valence-electron chi connectivity index (χ4n) is 2.17. The molecule has 0 radical (unpaired) electrons. The Bertz CT molecular complexity index is 206. The maximum absolute atomic E-state index is 10.1. The maximum Gasteiger partial charge on any atom is 0.127 e. The molecule has 0 aliphatic carbocycles. The normalized spacial score (nSPS) is 16.4. The van der Waals surface area contributed by atoms with Gasteiger partial charge in [-0.2, -0.15) is 0 Å². The monoisotopic (exact) mass is 242 g/mol. The van der Waals surface area contributed by atoms with Gasteiger partial charge in [-0.15, -0.1) is 0 Å². The van der Waals surface area contributed by atoms with Gasteiger partial charge in [-0.05, 0) is 46.6 Å². The molecule has 3 N–H and O–H groups in total. The summed E-state index contributed by atoms with van der Waals surface area (Å²) >= 11 is 0. The van der Waals surface area contributed by atoms with Crippen LogP contribution < -0.4 is 5.73 Å². The summed E-state index contributed by atoms with van der Waals surface area (Å²) in [6, 6.07) is 0.882. The molecule has 0 aliphatic rings. The minimum absolute atomic E-state index is 0.218. The van der Waals surface area contributed by atoms with E-state index < -0.39 is 6.23 Å². The Morgan fingerprint density at radius 2 is 1.71 bits per heavy atom. The molecule has 0 bridgehead atoms. The summed E-state index contributed by atoms with van der Waals surface area (Å²) < 4.78 is 0. The maximum atomic E-state index is 10.1. The quantitative estimate of drug-likeness (QED) is 0.508. The van der Waals surface area contributed by atoms with Gasteiger partial charge >= 0.3 is 0 Å². The molecule has 17 heavy (non-hydrogen) atoms. The second kappa shape index (κ2) is 8.67. The van der Waals surface area contributed by atoms with Gasteiger partial charge in [-0.3, -0.25) is 4.90 Å². The zero-order valence-corrected chi connectivity index (χ0v) is 12.1. The first-order chi connectivity index (χ1) is 7.90. The van der Waals surface area contributed by atoms with E-state index in [-0.39, 0.29) is 6.04 Å². The van der Waals surface area contributed by atoms with E-state index in [1.165, 1.54) is 0 Å². The molecule has 0 fully saturated rings. The molecular weight excluding hydrogens is 212 g/mol. The molecule has 3 nitrogen and oxygen atoms in total. The van der Waals surface area contributed by atoms with E-state index in [1.54, 1.807) is 0 Å². The average Bonchev–Trinajstić information content (AvgIpc) is 2.16. The summed E-state index contributed by atoms with van der Waals surface area (Å²) in [4.78, 5) is 2.07. The summed E-state index contributed by atoms with van der Waals surface area (Å²) in [7, 11) is 0. The highest BCUT2D eigenvalue weighted by Crippen LogP contribution is 2.10. The summed E-state index contributed by atoms with van der Waals surface area (Å²) in [5, 5.41) is 10.1. The molecule has 0 aromatic rings. The van der Waals surface area contributed by atoms with Crippen molar-refractivity contribution in [3.8, 4) is 0 Å². The second-order valence-electron chi connectivity index (χ2n) is 5.26. The molecule has 0 aromatic carbocycles. The lowest BCUT2D eigenvalue weighted by Gasteiger charge is -2.33. The average molecular weight is 242 g/mol. The Balaban J connectivity index is 4.21.